The Hall–Kier alpha value is -1.29. The van der Waals surface area contributed by atoms with Gasteiger partial charge in [0.2, 0.25) is 5.91 Å². The van der Waals surface area contributed by atoms with Crippen molar-refractivity contribution < 1.29 is 4.79 Å². The van der Waals surface area contributed by atoms with Crippen LogP contribution in [0.3, 0.4) is 0 Å². The first-order valence-corrected chi connectivity index (χ1v) is 8.38. The average Bonchev–Trinajstić information content (AvgIpc) is 3.08. The van der Waals surface area contributed by atoms with E-state index in [4.69, 9.17) is 0 Å². The number of hydrogen-bond acceptors (Lipinski definition) is 2. The minimum absolute atomic E-state index is 0.211. The number of carbonyl (C=O) groups is 1. The van der Waals surface area contributed by atoms with Gasteiger partial charge in [0, 0.05) is 25.0 Å². The van der Waals surface area contributed by atoms with Gasteiger partial charge in [0.05, 0.1) is 12.6 Å². The third-order valence-electron chi connectivity index (χ3n) is 5.01. The molecule has 1 N–H and O–H groups in total. The molecule has 1 saturated carbocycles. The summed E-state index contributed by atoms with van der Waals surface area (Å²) in [7, 11) is 2.09. The normalized spacial score (nSPS) is 24.3. The van der Waals surface area contributed by atoms with Gasteiger partial charge in [-0.25, -0.2) is 0 Å². The van der Waals surface area contributed by atoms with Gasteiger partial charge in [-0.1, -0.05) is 19.3 Å². The average molecular weight is 289 g/mol. The summed E-state index contributed by atoms with van der Waals surface area (Å²) in [5.74, 6) is 0.211. The van der Waals surface area contributed by atoms with E-state index < -0.39 is 0 Å². The van der Waals surface area contributed by atoms with E-state index in [0.717, 1.165) is 25.8 Å². The molecule has 4 nitrogen and oxygen atoms in total. The number of aromatic nitrogens is 1. The predicted octanol–water partition coefficient (Wildman–Crippen LogP) is 2.61. The minimum atomic E-state index is 0.211. The number of carbonyl (C=O) groups excluding carboxylic acids is 1. The fourth-order valence-corrected chi connectivity index (χ4v) is 3.88. The quantitative estimate of drug-likeness (QED) is 0.925. The summed E-state index contributed by atoms with van der Waals surface area (Å²) in [6.07, 6.45) is 10.6. The van der Waals surface area contributed by atoms with Gasteiger partial charge in [-0.3, -0.25) is 9.69 Å². The molecule has 4 heteroatoms. The largest absolute Gasteiger partial charge is 0.353 e. The second-order valence-electron chi connectivity index (χ2n) is 6.57. The molecule has 1 aromatic rings. The summed E-state index contributed by atoms with van der Waals surface area (Å²) in [5.41, 5.74) is 1.33. The van der Waals surface area contributed by atoms with Gasteiger partial charge in [0.1, 0.15) is 0 Å². The molecular weight excluding hydrogens is 262 g/mol. The second kappa shape index (κ2) is 6.65. The summed E-state index contributed by atoms with van der Waals surface area (Å²) in [5, 5.41) is 3.24. The molecule has 0 spiro atoms. The Morgan fingerprint density at radius 1 is 1.24 bits per heavy atom. The van der Waals surface area contributed by atoms with Crippen molar-refractivity contribution in [3.8, 4) is 0 Å². The Morgan fingerprint density at radius 2 is 2.05 bits per heavy atom. The Morgan fingerprint density at radius 3 is 2.76 bits per heavy atom. The smallest absolute Gasteiger partial charge is 0.234 e. The van der Waals surface area contributed by atoms with Gasteiger partial charge < -0.3 is 9.88 Å². The number of hydrogen-bond donors (Lipinski definition) is 1. The number of nitrogens with zero attached hydrogens (tertiary/aromatic N) is 2. The molecule has 1 aromatic heterocycles. The Labute approximate surface area is 127 Å². The maximum Gasteiger partial charge on any atom is 0.234 e. The summed E-state index contributed by atoms with van der Waals surface area (Å²) in [6.45, 7) is 1.58. The van der Waals surface area contributed by atoms with E-state index in [-0.39, 0.29) is 5.91 Å². The molecule has 21 heavy (non-hydrogen) atoms. The minimum Gasteiger partial charge on any atom is -0.353 e. The van der Waals surface area contributed by atoms with Crippen LogP contribution >= 0.6 is 0 Å². The van der Waals surface area contributed by atoms with Gasteiger partial charge in [-0.15, -0.1) is 0 Å². The number of aryl methyl sites for hydroxylation is 1. The Bertz CT molecular complexity index is 476. The van der Waals surface area contributed by atoms with E-state index in [1.165, 1.54) is 31.4 Å². The molecule has 1 amide bonds. The first-order chi connectivity index (χ1) is 10.2. The van der Waals surface area contributed by atoms with Gasteiger partial charge in [-0.05, 0) is 44.4 Å². The van der Waals surface area contributed by atoms with E-state index in [1.54, 1.807) is 0 Å². The van der Waals surface area contributed by atoms with Crippen molar-refractivity contribution in [2.24, 2.45) is 7.05 Å². The highest BCUT2D eigenvalue weighted by molar-refractivity contribution is 5.78. The lowest BCUT2D eigenvalue weighted by atomic mass is 9.95. The lowest BCUT2D eigenvalue weighted by molar-refractivity contribution is -0.123. The second-order valence-corrected chi connectivity index (χ2v) is 6.57. The van der Waals surface area contributed by atoms with Crippen molar-refractivity contribution in [1.29, 1.82) is 0 Å². The lowest BCUT2D eigenvalue weighted by Crippen LogP contribution is -2.42. The van der Waals surface area contributed by atoms with Crippen molar-refractivity contribution in [2.45, 2.75) is 57.0 Å². The molecule has 1 saturated heterocycles. The molecule has 1 aliphatic carbocycles. The van der Waals surface area contributed by atoms with Crippen molar-refractivity contribution in [1.82, 2.24) is 14.8 Å². The van der Waals surface area contributed by atoms with E-state index in [0.29, 0.717) is 18.6 Å². The van der Waals surface area contributed by atoms with Gasteiger partial charge in [0.15, 0.2) is 0 Å². The summed E-state index contributed by atoms with van der Waals surface area (Å²) in [4.78, 5) is 14.6. The number of likely N-dealkylation sites (tertiary alicyclic amines) is 1. The van der Waals surface area contributed by atoms with Gasteiger partial charge in [-0.2, -0.15) is 0 Å². The molecule has 0 unspecified atom stereocenters. The Kier molecular flexibility index (Phi) is 4.63. The molecule has 0 aromatic carbocycles. The van der Waals surface area contributed by atoms with E-state index in [2.05, 4.69) is 40.2 Å². The lowest BCUT2D eigenvalue weighted by Gasteiger charge is -2.27. The van der Waals surface area contributed by atoms with Crippen molar-refractivity contribution >= 4 is 5.91 Å². The van der Waals surface area contributed by atoms with Crippen LogP contribution in [-0.2, 0) is 11.8 Å². The monoisotopic (exact) mass is 289 g/mol. The van der Waals surface area contributed by atoms with Crippen LogP contribution in [-0.4, -0.2) is 34.5 Å². The van der Waals surface area contributed by atoms with Gasteiger partial charge >= 0.3 is 0 Å². The fourth-order valence-electron chi connectivity index (χ4n) is 3.88. The van der Waals surface area contributed by atoms with E-state index >= 15 is 0 Å². The van der Waals surface area contributed by atoms with Crippen LogP contribution in [0.5, 0.6) is 0 Å². The predicted molar refractivity (Wildman–Crippen MR) is 84.0 cm³/mol. The topological polar surface area (TPSA) is 37.3 Å². The highest BCUT2D eigenvalue weighted by Crippen LogP contribution is 2.31. The zero-order chi connectivity index (χ0) is 14.7. The van der Waals surface area contributed by atoms with Crippen LogP contribution in [0.25, 0.3) is 0 Å². The third-order valence-corrected chi connectivity index (χ3v) is 5.01. The molecule has 1 atom stereocenters. The summed E-state index contributed by atoms with van der Waals surface area (Å²) in [6, 6.07) is 5.10. The molecule has 3 rings (SSSR count). The zero-order valence-corrected chi connectivity index (χ0v) is 13.1. The van der Waals surface area contributed by atoms with Crippen LogP contribution in [0.1, 0.15) is 56.7 Å². The first-order valence-electron chi connectivity index (χ1n) is 8.38. The molecule has 2 aliphatic rings. The van der Waals surface area contributed by atoms with Crippen LogP contribution < -0.4 is 5.32 Å². The number of amides is 1. The Balaban J connectivity index is 1.56. The fraction of sp³-hybridized carbons (Fsp3) is 0.706. The van der Waals surface area contributed by atoms with E-state index in [9.17, 15) is 4.79 Å². The highest BCUT2D eigenvalue weighted by Gasteiger charge is 2.29. The van der Waals surface area contributed by atoms with Gasteiger partial charge in [0.25, 0.3) is 0 Å². The number of nitrogens with one attached hydrogen (secondary N) is 1. The maximum absolute atomic E-state index is 12.3. The molecule has 2 heterocycles. The maximum atomic E-state index is 12.3. The highest BCUT2D eigenvalue weighted by atomic mass is 16.2. The van der Waals surface area contributed by atoms with Crippen molar-refractivity contribution in [3.63, 3.8) is 0 Å². The molecule has 2 fully saturated rings. The van der Waals surface area contributed by atoms with E-state index in [1.807, 2.05) is 0 Å². The number of rotatable bonds is 4. The first kappa shape index (κ1) is 14.6. The zero-order valence-electron chi connectivity index (χ0n) is 13.1. The third kappa shape index (κ3) is 3.49. The van der Waals surface area contributed by atoms with Crippen LogP contribution in [0.15, 0.2) is 18.3 Å². The molecule has 0 bridgehead atoms. The molecule has 116 valence electrons. The molecule has 0 radical (unpaired) electrons. The van der Waals surface area contributed by atoms with Crippen LogP contribution in [0, 0.1) is 0 Å². The van der Waals surface area contributed by atoms with Crippen LogP contribution in [0.4, 0.5) is 0 Å². The molecule has 1 aliphatic heterocycles. The summed E-state index contributed by atoms with van der Waals surface area (Å²) >= 11 is 0. The standard InChI is InChI=1S/C17H27N3O/c1-19-11-5-9-15(19)16-10-6-12-20(16)13-17(21)18-14-7-3-2-4-8-14/h5,9,11,14,16H,2-4,6-8,10,12-13H2,1H3,(H,18,21)/t16-/m0/s1. The molecular formula is C17H27N3O. The SMILES string of the molecule is Cn1cccc1[C@@H]1CCCN1CC(=O)NC1CCCCC1. The van der Waals surface area contributed by atoms with Crippen molar-refractivity contribution in [2.75, 3.05) is 13.1 Å². The van der Waals surface area contributed by atoms with Crippen LogP contribution in [0.2, 0.25) is 0 Å². The summed E-state index contributed by atoms with van der Waals surface area (Å²) < 4.78 is 2.18. The van der Waals surface area contributed by atoms with Crippen molar-refractivity contribution in [3.05, 3.63) is 24.0 Å².